The Morgan fingerprint density at radius 1 is 0.889 bits per heavy atom. The van der Waals surface area contributed by atoms with Crippen molar-refractivity contribution in [1.29, 1.82) is 0 Å². The third-order valence-electron chi connectivity index (χ3n) is 2.59. The van der Waals surface area contributed by atoms with E-state index in [2.05, 4.69) is 0 Å². The van der Waals surface area contributed by atoms with E-state index in [1.807, 2.05) is 30.3 Å². The van der Waals surface area contributed by atoms with Gasteiger partial charge in [-0.25, -0.2) is 0 Å². The van der Waals surface area contributed by atoms with E-state index in [1.165, 1.54) is 6.07 Å². The zero-order valence-electron chi connectivity index (χ0n) is 9.34. The van der Waals surface area contributed by atoms with Crippen LogP contribution in [0.5, 0.6) is 0 Å². The summed E-state index contributed by atoms with van der Waals surface area (Å²) in [6, 6.07) is 14.0. The summed E-state index contributed by atoms with van der Waals surface area (Å²) in [4.78, 5) is 0. The molecule has 0 atom stereocenters. The van der Waals surface area contributed by atoms with Crippen LogP contribution in [0.1, 0.15) is 16.7 Å². The van der Waals surface area contributed by atoms with Crippen LogP contribution in [0.2, 0.25) is 0 Å². The Morgan fingerprint density at radius 2 is 1.56 bits per heavy atom. The van der Waals surface area contributed by atoms with Gasteiger partial charge in [-0.15, -0.1) is 0 Å². The molecule has 0 radical (unpaired) electrons. The van der Waals surface area contributed by atoms with Crippen molar-refractivity contribution in [3.63, 3.8) is 0 Å². The SMILES string of the molecule is FC(F)(F)c1ccc(Cc2ccccc2)cc1I. The van der Waals surface area contributed by atoms with Gasteiger partial charge in [-0.05, 0) is 52.3 Å². The molecule has 0 spiro atoms. The standard InChI is InChI=1S/C14H10F3I/c15-14(16,17)12-7-6-11(9-13(12)18)8-10-4-2-1-3-5-10/h1-7,9H,8H2. The Hall–Kier alpha value is -1.04. The van der Waals surface area contributed by atoms with Crippen LogP contribution in [-0.4, -0.2) is 0 Å². The number of hydrogen-bond acceptors (Lipinski definition) is 0. The van der Waals surface area contributed by atoms with E-state index in [0.29, 0.717) is 6.42 Å². The lowest BCUT2D eigenvalue weighted by atomic mass is 10.0. The van der Waals surface area contributed by atoms with Gasteiger partial charge in [0.2, 0.25) is 0 Å². The molecule has 94 valence electrons. The molecule has 0 unspecified atom stereocenters. The lowest BCUT2D eigenvalue weighted by molar-refractivity contribution is -0.138. The fourth-order valence-corrected chi connectivity index (χ4v) is 2.62. The van der Waals surface area contributed by atoms with Gasteiger partial charge >= 0.3 is 6.18 Å². The first-order valence-electron chi connectivity index (χ1n) is 5.36. The highest BCUT2D eigenvalue weighted by molar-refractivity contribution is 14.1. The highest BCUT2D eigenvalue weighted by atomic mass is 127. The molecule has 0 amide bonds. The van der Waals surface area contributed by atoms with Crippen molar-refractivity contribution >= 4 is 22.6 Å². The summed E-state index contributed by atoms with van der Waals surface area (Å²) in [5.74, 6) is 0. The highest BCUT2D eigenvalue weighted by Gasteiger charge is 2.32. The molecule has 2 aromatic rings. The Kier molecular flexibility index (Phi) is 3.94. The summed E-state index contributed by atoms with van der Waals surface area (Å²) in [7, 11) is 0. The summed E-state index contributed by atoms with van der Waals surface area (Å²) in [5.41, 5.74) is 1.41. The van der Waals surface area contributed by atoms with Gasteiger partial charge in [0.15, 0.2) is 0 Å². The molecule has 0 aliphatic rings. The molecule has 0 bridgehead atoms. The number of hydrogen-bond donors (Lipinski definition) is 0. The molecule has 0 N–H and O–H groups in total. The van der Waals surface area contributed by atoms with Crippen LogP contribution in [0.3, 0.4) is 0 Å². The van der Waals surface area contributed by atoms with Crippen molar-refractivity contribution in [3.05, 3.63) is 68.8 Å². The molecule has 0 saturated heterocycles. The monoisotopic (exact) mass is 362 g/mol. The zero-order valence-corrected chi connectivity index (χ0v) is 11.5. The molecule has 0 aromatic heterocycles. The molecule has 0 fully saturated rings. The quantitative estimate of drug-likeness (QED) is 0.667. The largest absolute Gasteiger partial charge is 0.417 e. The van der Waals surface area contributed by atoms with Crippen molar-refractivity contribution < 1.29 is 13.2 Å². The number of rotatable bonds is 2. The Morgan fingerprint density at radius 3 is 2.11 bits per heavy atom. The second-order valence-electron chi connectivity index (χ2n) is 3.97. The Bertz CT molecular complexity index is 532. The van der Waals surface area contributed by atoms with Gasteiger partial charge in [0.1, 0.15) is 0 Å². The van der Waals surface area contributed by atoms with E-state index in [4.69, 9.17) is 0 Å². The molecule has 0 heterocycles. The maximum Gasteiger partial charge on any atom is 0.417 e. The summed E-state index contributed by atoms with van der Waals surface area (Å²) in [6.07, 6.45) is -3.63. The molecule has 4 heteroatoms. The first-order valence-corrected chi connectivity index (χ1v) is 6.44. The fourth-order valence-electron chi connectivity index (χ4n) is 1.73. The van der Waals surface area contributed by atoms with E-state index in [9.17, 15) is 13.2 Å². The van der Waals surface area contributed by atoms with Gasteiger partial charge in [-0.3, -0.25) is 0 Å². The van der Waals surface area contributed by atoms with E-state index in [1.54, 1.807) is 28.7 Å². The zero-order chi connectivity index (χ0) is 13.2. The van der Waals surface area contributed by atoms with Gasteiger partial charge < -0.3 is 0 Å². The molecule has 0 nitrogen and oxygen atoms in total. The summed E-state index contributed by atoms with van der Waals surface area (Å²) in [5, 5.41) is 0. The minimum atomic E-state index is -4.28. The first-order chi connectivity index (χ1) is 8.47. The smallest absolute Gasteiger partial charge is 0.166 e. The van der Waals surface area contributed by atoms with Crippen LogP contribution in [0.15, 0.2) is 48.5 Å². The predicted octanol–water partition coefficient (Wildman–Crippen LogP) is 4.90. The summed E-state index contributed by atoms with van der Waals surface area (Å²) in [6.45, 7) is 0. The first kappa shape index (κ1) is 13.4. The average Bonchev–Trinajstić information content (AvgIpc) is 2.28. The maximum absolute atomic E-state index is 12.6. The van der Waals surface area contributed by atoms with Crippen LogP contribution in [0.4, 0.5) is 13.2 Å². The third kappa shape index (κ3) is 3.25. The predicted molar refractivity (Wildman–Crippen MR) is 73.4 cm³/mol. The molecule has 2 aromatic carbocycles. The molecule has 2 rings (SSSR count). The number of alkyl halides is 3. The van der Waals surface area contributed by atoms with Gasteiger partial charge in [0, 0.05) is 3.57 Å². The van der Waals surface area contributed by atoms with Crippen LogP contribution < -0.4 is 0 Å². The number of halogens is 4. The van der Waals surface area contributed by atoms with Gasteiger partial charge in [0.25, 0.3) is 0 Å². The minimum absolute atomic E-state index is 0.244. The highest BCUT2D eigenvalue weighted by Crippen LogP contribution is 2.33. The third-order valence-corrected chi connectivity index (χ3v) is 3.48. The van der Waals surface area contributed by atoms with E-state index in [-0.39, 0.29) is 3.57 Å². The van der Waals surface area contributed by atoms with E-state index >= 15 is 0 Å². The Balaban J connectivity index is 2.25. The minimum Gasteiger partial charge on any atom is -0.166 e. The molecular formula is C14H10F3I. The van der Waals surface area contributed by atoms with Gasteiger partial charge in [-0.2, -0.15) is 13.2 Å². The van der Waals surface area contributed by atoms with Crippen molar-refractivity contribution in [3.8, 4) is 0 Å². The molecule has 0 saturated carbocycles. The van der Waals surface area contributed by atoms with Crippen LogP contribution in [-0.2, 0) is 12.6 Å². The van der Waals surface area contributed by atoms with Crippen molar-refractivity contribution in [2.45, 2.75) is 12.6 Å². The van der Waals surface area contributed by atoms with Gasteiger partial charge in [-0.1, -0.05) is 36.4 Å². The second-order valence-corrected chi connectivity index (χ2v) is 5.14. The molecule has 0 aliphatic carbocycles. The fraction of sp³-hybridized carbons (Fsp3) is 0.143. The van der Waals surface area contributed by atoms with Crippen molar-refractivity contribution in [2.75, 3.05) is 0 Å². The Labute approximate surface area is 117 Å². The van der Waals surface area contributed by atoms with Gasteiger partial charge in [0.05, 0.1) is 5.56 Å². The maximum atomic E-state index is 12.6. The summed E-state index contributed by atoms with van der Waals surface area (Å²) >= 11 is 1.73. The molecule has 0 aliphatic heterocycles. The molecular weight excluding hydrogens is 352 g/mol. The summed E-state index contributed by atoms with van der Waals surface area (Å²) < 4.78 is 38.1. The average molecular weight is 362 g/mol. The van der Waals surface area contributed by atoms with Crippen molar-refractivity contribution in [2.24, 2.45) is 0 Å². The van der Waals surface area contributed by atoms with Crippen LogP contribution in [0, 0.1) is 3.57 Å². The van der Waals surface area contributed by atoms with E-state index in [0.717, 1.165) is 17.2 Å². The molecule has 18 heavy (non-hydrogen) atoms. The number of benzene rings is 2. The lowest BCUT2D eigenvalue weighted by Crippen LogP contribution is -2.07. The van der Waals surface area contributed by atoms with E-state index < -0.39 is 11.7 Å². The van der Waals surface area contributed by atoms with Crippen LogP contribution in [0.25, 0.3) is 0 Å². The lowest BCUT2D eigenvalue weighted by Gasteiger charge is -2.10. The van der Waals surface area contributed by atoms with Crippen LogP contribution >= 0.6 is 22.6 Å². The normalized spacial score (nSPS) is 11.6. The van der Waals surface area contributed by atoms with Crippen molar-refractivity contribution in [1.82, 2.24) is 0 Å². The topological polar surface area (TPSA) is 0 Å². The second kappa shape index (κ2) is 5.30.